The first-order valence-electron chi connectivity index (χ1n) is 6.16. The van der Waals surface area contributed by atoms with Crippen LogP contribution in [0.3, 0.4) is 0 Å². The normalized spacial score (nSPS) is 20.1. The second kappa shape index (κ2) is 6.11. The lowest BCUT2D eigenvalue weighted by atomic mass is 10.1. The van der Waals surface area contributed by atoms with Crippen LogP contribution < -0.4 is 5.32 Å². The zero-order chi connectivity index (χ0) is 14.5. The number of rotatable bonds is 6. The summed E-state index contributed by atoms with van der Waals surface area (Å²) < 4.78 is 5.54. The van der Waals surface area contributed by atoms with E-state index in [0.717, 1.165) is 12.4 Å². The van der Waals surface area contributed by atoms with Crippen molar-refractivity contribution in [3.63, 3.8) is 0 Å². The fraction of sp³-hybridized carbons (Fsp3) is 0.538. The van der Waals surface area contributed by atoms with Crippen LogP contribution in [0.4, 0.5) is 0 Å². The van der Waals surface area contributed by atoms with E-state index in [9.17, 15) is 0 Å². The zero-order valence-electron chi connectivity index (χ0n) is 12.0. The largest absolute Gasteiger partial charge is 0.368 e. The second-order valence-electron chi connectivity index (χ2n) is 6.64. The quantitative estimate of drug-likeness (QED) is 0.400. The van der Waals surface area contributed by atoms with Crippen molar-refractivity contribution in [1.82, 2.24) is 5.32 Å². The average Bonchev–Trinajstić information content (AvgIpc) is 2.24. The lowest BCUT2D eigenvalue weighted by Crippen LogP contribution is -2.22. The van der Waals surface area contributed by atoms with Crippen LogP contribution in [0.5, 0.6) is 0 Å². The van der Waals surface area contributed by atoms with E-state index in [2.05, 4.69) is 35.3 Å². The Morgan fingerprint density at radius 1 is 1.42 bits per heavy atom. The van der Waals surface area contributed by atoms with E-state index >= 15 is 0 Å². The Labute approximate surface area is 120 Å². The average molecular weight is 306 g/mol. The number of hydrogen-bond donors (Lipinski definition) is 3. The number of allylic oxidation sites excluding steroid dienone is 2. The predicted molar refractivity (Wildman–Crippen MR) is 89.7 cm³/mol. The minimum atomic E-state index is -1.48. The molecule has 0 aromatic carbocycles. The molecule has 110 valence electrons. The van der Waals surface area contributed by atoms with Gasteiger partial charge in [0.2, 0.25) is 0 Å². The summed E-state index contributed by atoms with van der Waals surface area (Å²) in [6.07, 6.45) is 14.1. The number of ether oxygens (including phenoxy) is 1. The molecule has 1 heterocycles. The van der Waals surface area contributed by atoms with Crippen molar-refractivity contribution in [2.24, 2.45) is 4.99 Å². The Morgan fingerprint density at radius 2 is 2.11 bits per heavy atom. The molecule has 19 heavy (non-hydrogen) atoms. The van der Waals surface area contributed by atoms with Crippen molar-refractivity contribution < 1.29 is 4.74 Å². The molecule has 1 aliphatic rings. The first kappa shape index (κ1) is 16.3. The Bertz CT molecular complexity index is 437. The summed E-state index contributed by atoms with van der Waals surface area (Å²) in [5.41, 5.74) is 0.936. The molecule has 0 amide bonds. The maximum absolute atomic E-state index is 7.70. The summed E-state index contributed by atoms with van der Waals surface area (Å²) in [5, 5.41) is 11.0. The van der Waals surface area contributed by atoms with Crippen molar-refractivity contribution in [2.75, 3.05) is 44.1 Å². The molecule has 0 aromatic rings. The monoisotopic (exact) mass is 305 g/mol. The Morgan fingerprint density at radius 3 is 2.68 bits per heavy atom. The van der Waals surface area contributed by atoms with Crippen LogP contribution >= 0.6 is 20.8 Å². The number of aliphatic imine (C=N–C) groups is 1. The molecule has 4 nitrogen and oxygen atoms in total. The van der Waals surface area contributed by atoms with Crippen LogP contribution in [-0.2, 0) is 4.74 Å². The number of nitrogens with zero attached hydrogens (tertiary/aromatic N) is 1. The van der Waals surface area contributed by atoms with Crippen LogP contribution in [-0.4, -0.2) is 55.0 Å². The number of hydrogen-bond acceptors (Lipinski definition) is 4. The third-order valence-electron chi connectivity index (χ3n) is 2.50. The summed E-state index contributed by atoms with van der Waals surface area (Å²) in [5.74, 6) is 1.10. The maximum Gasteiger partial charge on any atom is 0.139 e. The van der Waals surface area contributed by atoms with Crippen molar-refractivity contribution in [1.29, 1.82) is 5.41 Å². The smallest absolute Gasteiger partial charge is 0.139 e. The van der Waals surface area contributed by atoms with Gasteiger partial charge < -0.3 is 15.5 Å². The highest BCUT2D eigenvalue weighted by Gasteiger charge is 2.17. The molecule has 1 rings (SSSR count). The van der Waals surface area contributed by atoms with Gasteiger partial charge in [-0.3, -0.25) is 9.16 Å². The molecule has 2 N–H and O–H groups in total. The molecule has 0 spiro atoms. The third kappa shape index (κ3) is 6.80. The molecule has 0 aromatic heterocycles. The molecular weight excluding hydrogens is 282 g/mol. The van der Waals surface area contributed by atoms with Crippen molar-refractivity contribution in [3.05, 3.63) is 24.0 Å². The number of thiol groups is 1. The summed E-state index contributed by atoms with van der Waals surface area (Å²) in [7, 11) is -1.48. The van der Waals surface area contributed by atoms with E-state index in [1.165, 1.54) is 6.20 Å². The summed E-state index contributed by atoms with van der Waals surface area (Å²) >= 11 is 5.91. The van der Waals surface area contributed by atoms with Crippen LogP contribution in [0.15, 0.2) is 29.0 Å². The first-order valence-corrected chi connectivity index (χ1v) is 10.7. The van der Waals surface area contributed by atoms with E-state index in [1.807, 2.05) is 0 Å². The van der Waals surface area contributed by atoms with Gasteiger partial charge in [-0.2, -0.15) is 0 Å². The first-order chi connectivity index (χ1) is 8.65. The van der Waals surface area contributed by atoms with E-state index in [0.29, 0.717) is 23.2 Å². The SMILES string of the molecule is C[SH](C)(C)(C)CCOCN/C=C1\C(=N)C=CN=C1Cl. The molecule has 0 fully saturated rings. The zero-order valence-corrected chi connectivity index (χ0v) is 13.7. The lowest BCUT2D eigenvalue weighted by molar-refractivity contribution is 0.140. The lowest BCUT2D eigenvalue weighted by Gasteiger charge is -2.46. The van der Waals surface area contributed by atoms with Gasteiger partial charge in [-0.1, -0.05) is 11.6 Å². The molecule has 0 atom stereocenters. The topological polar surface area (TPSA) is 57.5 Å². The predicted octanol–water partition coefficient (Wildman–Crippen LogP) is 2.21. The highest BCUT2D eigenvalue weighted by atomic mass is 35.5. The van der Waals surface area contributed by atoms with Crippen molar-refractivity contribution in [2.45, 2.75) is 0 Å². The van der Waals surface area contributed by atoms with Gasteiger partial charge in [0.1, 0.15) is 11.9 Å². The van der Waals surface area contributed by atoms with Gasteiger partial charge in [0.05, 0.1) is 17.9 Å². The molecule has 1 aliphatic heterocycles. The summed E-state index contributed by atoms with van der Waals surface area (Å²) in [6, 6.07) is 0. The minimum Gasteiger partial charge on any atom is -0.368 e. The molecular formula is C13H24ClN3OS. The maximum atomic E-state index is 7.70. The van der Waals surface area contributed by atoms with Crippen molar-refractivity contribution >= 4 is 31.6 Å². The number of halogens is 1. The fourth-order valence-corrected chi connectivity index (χ4v) is 2.36. The minimum absolute atomic E-state index is 0.328. The van der Waals surface area contributed by atoms with Gasteiger partial charge in [0, 0.05) is 12.4 Å². The van der Waals surface area contributed by atoms with Gasteiger partial charge in [0.25, 0.3) is 0 Å². The molecule has 6 heteroatoms. The second-order valence-corrected chi connectivity index (χ2v) is 15.3. The van der Waals surface area contributed by atoms with Gasteiger partial charge in [0.15, 0.2) is 0 Å². The van der Waals surface area contributed by atoms with Crippen LogP contribution in [0, 0.1) is 5.41 Å². The Hall–Kier alpha value is -0.780. The van der Waals surface area contributed by atoms with Crippen LogP contribution in [0.1, 0.15) is 0 Å². The van der Waals surface area contributed by atoms with Crippen molar-refractivity contribution in [3.8, 4) is 0 Å². The van der Waals surface area contributed by atoms with E-state index in [-0.39, 0.29) is 0 Å². The molecule has 0 aliphatic carbocycles. The standard InChI is InChI=1S/C13H24ClN3OS/c1-19(2,3,4)8-7-18-10-16-9-11-12(15)5-6-17-13(11)14/h5-6,9,15-16,19H,7-8,10H2,1-4H3/b11-9+,15-12?. The Balaban J connectivity index is 2.30. The highest BCUT2D eigenvalue weighted by molar-refractivity contribution is 8.47. The molecule has 0 saturated carbocycles. The molecule has 0 unspecified atom stereocenters. The van der Waals surface area contributed by atoms with Gasteiger partial charge >= 0.3 is 0 Å². The number of nitrogens with one attached hydrogen (secondary N) is 2. The van der Waals surface area contributed by atoms with E-state index in [4.69, 9.17) is 21.7 Å². The van der Waals surface area contributed by atoms with E-state index < -0.39 is 9.16 Å². The summed E-state index contributed by atoms with van der Waals surface area (Å²) in [6.45, 7) is 1.16. The molecule has 0 radical (unpaired) electrons. The van der Waals surface area contributed by atoms with Gasteiger partial charge in [-0.05, 0) is 36.9 Å². The fourth-order valence-electron chi connectivity index (χ4n) is 1.29. The third-order valence-corrected chi connectivity index (χ3v) is 4.78. The van der Waals surface area contributed by atoms with Gasteiger partial charge in [-0.25, -0.2) is 4.99 Å². The van der Waals surface area contributed by atoms with Gasteiger partial charge in [-0.15, -0.1) is 0 Å². The van der Waals surface area contributed by atoms with E-state index in [1.54, 1.807) is 12.3 Å². The Kier molecular flexibility index (Phi) is 5.24. The van der Waals surface area contributed by atoms with Crippen LogP contribution in [0.2, 0.25) is 0 Å². The van der Waals surface area contributed by atoms with Crippen LogP contribution in [0.25, 0.3) is 0 Å². The molecule has 0 bridgehead atoms. The molecule has 0 saturated heterocycles. The highest BCUT2D eigenvalue weighted by Crippen LogP contribution is 2.54. The summed E-state index contributed by atoms with van der Waals surface area (Å²) in [4.78, 5) is 3.94.